The fourth-order valence-electron chi connectivity index (χ4n) is 2.73. The van der Waals surface area contributed by atoms with E-state index >= 15 is 0 Å². The molecule has 0 unspecified atom stereocenters. The van der Waals surface area contributed by atoms with E-state index in [2.05, 4.69) is 21.0 Å². The normalized spacial score (nSPS) is 10.6. The number of nitrogens with zero attached hydrogens (tertiary/aromatic N) is 2. The maximum Gasteiger partial charge on any atom is 0.341 e. The Balaban J connectivity index is 1.94. The molecule has 0 atom stereocenters. The number of carboxylic acid groups (broad SMARTS) is 1. The van der Waals surface area contributed by atoms with Crippen molar-refractivity contribution in [3.63, 3.8) is 0 Å². The van der Waals surface area contributed by atoms with Crippen LogP contribution in [0.3, 0.4) is 0 Å². The lowest BCUT2D eigenvalue weighted by Crippen LogP contribution is -2.12. The van der Waals surface area contributed by atoms with Gasteiger partial charge in [-0.05, 0) is 43.7 Å². The van der Waals surface area contributed by atoms with Crippen LogP contribution >= 0.6 is 15.9 Å². The number of aromatic nitrogens is 2. The SMILES string of the molecule is Cc1ccc(-n2cc(C(=O)c3cc(Br)ccc3OCC(=O)O)cn2)c(C)c1. The monoisotopic (exact) mass is 428 g/mol. The van der Waals surface area contributed by atoms with Gasteiger partial charge in [-0.25, -0.2) is 9.48 Å². The van der Waals surface area contributed by atoms with Gasteiger partial charge in [-0.15, -0.1) is 0 Å². The van der Waals surface area contributed by atoms with Gasteiger partial charge in [0.2, 0.25) is 0 Å². The van der Waals surface area contributed by atoms with Crippen molar-refractivity contribution in [2.45, 2.75) is 13.8 Å². The number of halogens is 1. The Bertz CT molecular complexity index is 1030. The highest BCUT2D eigenvalue weighted by Gasteiger charge is 2.18. The van der Waals surface area contributed by atoms with Crippen molar-refractivity contribution in [2.24, 2.45) is 0 Å². The van der Waals surface area contributed by atoms with Crippen LogP contribution in [0.1, 0.15) is 27.0 Å². The first-order chi connectivity index (χ1) is 12.8. The Kier molecular flexibility index (Phi) is 5.41. The predicted molar refractivity (Wildman–Crippen MR) is 104 cm³/mol. The molecular formula is C20H17BrN2O4. The Morgan fingerprint density at radius 2 is 1.96 bits per heavy atom. The van der Waals surface area contributed by atoms with Crippen LogP contribution in [-0.2, 0) is 4.79 Å². The minimum Gasteiger partial charge on any atom is -0.481 e. The highest BCUT2D eigenvalue weighted by Crippen LogP contribution is 2.26. The number of carboxylic acids is 1. The van der Waals surface area contributed by atoms with Crippen LogP contribution in [0.25, 0.3) is 5.69 Å². The van der Waals surface area contributed by atoms with Crippen molar-refractivity contribution >= 4 is 27.7 Å². The zero-order valence-corrected chi connectivity index (χ0v) is 16.4. The minimum absolute atomic E-state index is 0.213. The molecule has 1 heterocycles. The summed E-state index contributed by atoms with van der Waals surface area (Å²) in [7, 11) is 0. The average molecular weight is 429 g/mol. The van der Waals surface area contributed by atoms with Gasteiger partial charge >= 0.3 is 5.97 Å². The molecule has 0 saturated carbocycles. The fourth-order valence-corrected chi connectivity index (χ4v) is 3.10. The van der Waals surface area contributed by atoms with Gasteiger partial charge in [-0.1, -0.05) is 33.6 Å². The summed E-state index contributed by atoms with van der Waals surface area (Å²) in [5, 5.41) is 13.1. The topological polar surface area (TPSA) is 81.4 Å². The maximum absolute atomic E-state index is 12.9. The van der Waals surface area contributed by atoms with Gasteiger partial charge in [0.15, 0.2) is 12.4 Å². The molecule has 0 saturated heterocycles. The van der Waals surface area contributed by atoms with Crippen LogP contribution in [0.15, 0.2) is 53.3 Å². The van der Waals surface area contributed by atoms with E-state index in [1.54, 1.807) is 29.1 Å². The molecule has 0 radical (unpaired) electrons. The first-order valence-corrected chi connectivity index (χ1v) is 8.95. The maximum atomic E-state index is 12.9. The zero-order valence-electron chi connectivity index (χ0n) is 14.8. The number of aryl methyl sites for hydroxylation is 2. The van der Waals surface area contributed by atoms with Crippen LogP contribution < -0.4 is 4.74 Å². The summed E-state index contributed by atoms with van der Waals surface area (Å²) in [5.74, 6) is -1.20. The van der Waals surface area contributed by atoms with Crippen LogP contribution in [0.4, 0.5) is 0 Å². The highest BCUT2D eigenvalue weighted by molar-refractivity contribution is 9.10. The van der Waals surface area contributed by atoms with E-state index < -0.39 is 12.6 Å². The Morgan fingerprint density at radius 3 is 2.67 bits per heavy atom. The molecule has 0 aliphatic carbocycles. The molecule has 138 valence electrons. The van der Waals surface area contributed by atoms with Crippen molar-refractivity contribution in [1.82, 2.24) is 9.78 Å². The summed E-state index contributed by atoms with van der Waals surface area (Å²) < 4.78 is 7.59. The average Bonchev–Trinajstić information content (AvgIpc) is 3.09. The third kappa shape index (κ3) is 4.25. The summed E-state index contributed by atoms with van der Waals surface area (Å²) in [6.45, 7) is 3.47. The molecule has 3 aromatic rings. The second kappa shape index (κ2) is 7.75. The number of rotatable bonds is 6. The Morgan fingerprint density at radius 1 is 1.19 bits per heavy atom. The first kappa shape index (κ1) is 18.8. The lowest BCUT2D eigenvalue weighted by atomic mass is 10.1. The molecule has 3 rings (SSSR count). The van der Waals surface area contributed by atoms with E-state index in [0.717, 1.165) is 16.8 Å². The van der Waals surface area contributed by atoms with E-state index in [4.69, 9.17) is 9.84 Å². The molecule has 0 fully saturated rings. The van der Waals surface area contributed by atoms with Crippen LogP contribution in [0.2, 0.25) is 0 Å². The van der Waals surface area contributed by atoms with Gasteiger partial charge in [-0.3, -0.25) is 4.79 Å². The van der Waals surface area contributed by atoms with Gasteiger partial charge in [0.1, 0.15) is 5.75 Å². The van der Waals surface area contributed by atoms with E-state index in [9.17, 15) is 9.59 Å². The zero-order chi connectivity index (χ0) is 19.6. The number of ether oxygens (including phenoxy) is 1. The van der Waals surface area contributed by atoms with Crippen molar-refractivity contribution in [3.05, 3.63) is 75.5 Å². The smallest absolute Gasteiger partial charge is 0.341 e. The molecular weight excluding hydrogens is 412 g/mol. The van der Waals surface area contributed by atoms with Gasteiger partial charge in [0.05, 0.1) is 23.0 Å². The fraction of sp³-hybridized carbons (Fsp3) is 0.150. The number of carbonyl (C=O) groups excluding carboxylic acids is 1. The molecule has 27 heavy (non-hydrogen) atoms. The summed E-state index contributed by atoms with van der Waals surface area (Å²) in [6.07, 6.45) is 3.14. The molecule has 1 N–H and O–H groups in total. The molecule has 1 aromatic heterocycles. The number of hydrogen-bond donors (Lipinski definition) is 1. The quantitative estimate of drug-likeness (QED) is 0.601. The minimum atomic E-state index is -1.11. The highest BCUT2D eigenvalue weighted by atomic mass is 79.9. The van der Waals surface area contributed by atoms with E-state index in [-0.39, 0.29) is 17.1 Å². The summed E-state index contributed by atoms with van der Waals surface area (Å²) in [5.41, 5.74) is 3.73. The third-order valence-electron chi connectivity index (χ3n) is 3.98. The van der Waals surface area contributed by atoms with Gasteiger partial charge in [0, 0.05) is 10.7 Å². The number of carbonyl (C=O) groups is 2. The molecule has 0 aliphatic rings. The molecule has 6 nitrogen and oxygen atoms in total. The largest absolute Gasteiger partial charge is 0.481 e. The van der Waals surface area contributed by atoms with E-state index in [1.807, 2.05) is 32.0 Å². The Labute approximate surface area is 164 Å². The van der Waals surface area contributed by atoms with E-state index in [0.29, 0.717) is 10.0 Å². The van der Waals surface area contributed by atoms with Crippen molar-refractivity contribution in [2.75, 3.05) is 6.61 Å². The van der Waals surface area contributed by atoms with Gasteiger partial charge in [0.25, 0.3) is 0 Å². The number of benzene rings is 2. The second-order valence-electron chi connectivity index (χ2n) is 6.12. The summed E-state index contributed by atoms with van der Waals surface area (Å²) >= 11 is 3.33. The first-order valence-electron chi connectivity index (χ1n) is 8.16. The molecule has 2 aromatic carbocycles. The van der Waals surface area contributed by atoms with Gasteiger partial charge in [-0.2, -0.15) is 5.10 Å². The Hall–Kier alpha value is -2.93. The molecule has 0 spiro atoms. The second-order valence-corrected chi connectivity index (χ2v) is 7.03. The number of ketones is 1. The molecule has 0 bridgehead atoms. The standard InChI is InChI=1S/C20H17BrN2O4/c1-12-3-5-17(13(2)7-12)23-10-14(9-22-23)20(26)16-8-15(21)4-6-18(16)27-11-19(24)25/h3-10H,11H2,1-2H3,(H,24,25). The van der Waals surface area contributed by atoms with Crippen LogP contribution in [-0.4, -0.2) is 33.2 Å². The predicted octanol–water partition coefficient (Wildman–Crippen LogP) is 3.95. The van der Waals surface area contributed by atoms with Crippen molar-refractivity contribution < 1.29 is 19.4 Å². The third-order valence-corrected chi connectivity index (χ3v) is 4.47. The number of aliphatic carboxylic acids is 1. The molecule has 0 amide bonds. The molecule has 7 heteroatoms. The van der Waals surface area contributed by atoms with Crippen LogP contribution in [0.5, 0.6) is 5.75 Å². The van der Waals surface area contributed by atoms with Crippen molar-refractivity contribution in [3.8, 4) is 11.4 Å². The lowest BCUT2D eigenvalue weighted by molar-refractivity contribution is -0.139. The van der Waals surface area contributed by atoms with E-state index in [1.165, 1.54) is 6.20 Å². The lowest BCUT2D eigenvalue weighted by Gasteiger charge is -2.09. The van der Waals surface area contributed by atoms with Crippen molar-refractivity contribution in [1.29, 1.82) is 0 Å². The molecule has 0 aliphatic heterocycles. The summed E-state index contributed by atoms with van der Waals surface area (Å²) in [4.78, 5) is 23.7. The van der Waals surface area contributed by atoms with Gasteiger partial charge < -0.3 is 9.84 Å². The summed E-state index contributed by atoms with van der Waals surface area (Å²) in [6, 6.07) is 10.8. The number of hydrogen-bond acceptors (Lipinski definition) is 4. The van der Waals surface area contributed by atoms with Crippen LogP contribution in [0, 0.1) is 13.8 Å².